The number of carbonyl (C=O) groups is 2. The first-order valence-corrected chi connectivity index (χ1v) is 6.44. The van der Waals surface area contributed by atoms with Gasteiger partial charge in [0.15, 0.2) is 0 Å². The molecule has 1 aromatic rings. The highest BCUT2D eigenvalue weighted by atomic mass is 16.2. The van der Waals surface area contributed by atoms with Gasteiger partial charge in [0, 0.05) is 12.0 Å². The van der Waals surface area contributed by atoms with Crippen LogP contribution in [0.1, 0.15) is 31.4 Å². The normalized spacial score (nSPS) is 17.1. The molecular formula is C16H17NO3. The van der Waals surface area contributed by atoms with E-state index in [0.717, 1.165) is 5.56 Å². The number of benzene rings is 1. The number of hydrogen-bond acceptors (Lipinski definition) is 3. The van der Waals surface area contributed by atoms with Crippen LogP contribution in [0.5, 0.6) is 0 Å². The van der Waals surface area contributed by atoms with Crippen molar-refractivity contribution in [2.45, 2.75) is 27.2 Å². The Labute approximate surface area is 118 Å². The van der Waals surface area contributed by atoms with Crippen molar-refractivity contribution in [1.29, 1.82) is 0 Å². The molecule has 1 aliphatic rings. The van der Waals surface area contributed by atoms with Gasteiger partial charge >= 0.3 is 0 Å². The summed E-state index contributed by atoms with van der Waals surface area (Å²) in [5.41, 5.74) is 1.44. The summed E-state index contributed by atoms with van der Waals surface area (Å²) in [4.78, 5) is 25.7. The smallest absolute Gasteiger partial charge is 0.239 e. The van der Waals surface area contributed by atoms with Crippen molar-refractivity contribution >= 4 is 17.5 Å². The van der Waals surface area contributed by atoms with E-state index >= 15 is 0 Å². The van der Waals surface area contributed by atoms with E-state index in [4.69, 9.17) is 5.11 Å². The van der Waals surface area contributed by atoms with Crippen molar-refractivity contribution in [3.8, 4) is 11.8 Å². The molecule has 1 aromatic carbocycles. The molecule has 0 saturated carbocycles. The van der Waals surface area contributed by atoms with Gasteiger partial charge in [-0.1, -0.05) is 31.8 Å². The van der Waals surface area contributed by atoms with Gasteiger partial charge in [-0.2, -0.15) is 0 Å². The molecule has 0 aromatic heterocycles. The number of rotatable bonds is 1. The highest BCUT2D eigenvalue weighted by Crippen LogP contribution is 2.36. The standard InChI is InChI=1S/C16H17NO3/c1-11-6-7-12(5-4-8-18)9-13(11)17-14(19)10-16(2,3)15(17)20/h6-7,9,18H,8,10H2,1-3H3. The predicted molar refractivity (Wildman–Crippen MR) is 76.0 cm³/mol. The minimum Gasteiger partial charge on any atom is -0.384 e. The number of carbonyl (C=O) groups excluding carboxylic acids is 2. The number of aliphatic hydroxyl groups excluding tert-OH is 1. The molecular weight excluding hydrogens is 254 g/mol. The second kappa shape index (κ2) is 5.10. The first-order valence-electron chi connectivity index (χ1n) is 6.44. The number of aliphatic hydroxyl groups is 1. The van der Waals surface area contributed by atoms with Crippen molar-refractivity contribution in [3.05, 3.63) is 29.3 Å². The number of amides is 2. The maximum atomic E-state index is 12.3. The van der Waals surface area contributed by atoms with E-state index in [2.05, 4.69) is 11.8 Å². The fraction of sp³-hybridized carbons (Fsp3) is 0.375. The van der Waals surface area contributed by atoms with Gasteiger partial charge in [-0.05, 0) is 24.6 Å². The first kappa shape index (κ1) is 14.3. The maximum Gasteiger partial charge on any atom is 0.239 e. The highest BCUT2D eigenvalue weighted by Gasteiger charge is 2.45. The van der Waals surface area contributed by atoms with Crippen molar-refractivity contribution in [3.63, 3.8) is 0 Å². The van der Waals surface area contributed by atoms with Crippen LogP contribution in [-0.4, -0.2) is 23.5 Å². The molecule has 2 amide bonds. The Morgan fingerprint density at radius 3 is 2.60 bits per heavy atom. The SMILES string of the molecule is Cc1ccc(C#CCO)cc1N1C(=O)CC(C)(C)C1=O. The average Bonchev–Trinajstić information content (AvgIpc) is 2.58. The van der Waals surface area contributed by atoms with Gasteiger partial charge in [-0.15, -0.1) is 0 Å². The molecule has 1 fully saturated rings. The number of nitrogens with zero attached hydrogens (tertiary/aromatic N) is 1. The molecule has 2 rings (SSSR count). The molecule has 4 nitrogen and oxygen atoms in total. The molecule has 0 aliphatic carbocycles. The van der Waals surface area contributed by atoms with Crippen LogP contribution >= 0.6 is 0 Å². The molecule has 1 N–H and O–H groups in total. The summed E-state index contributed by atoms with van der Waals surface area (Å²) in [6.45, 7) is 5.18. The number of imide groups is 1. The van der Waals surface area contributed by atoms with E-state index in [-0.39, 0.29) is 24.8 Å². The summed E-state index contributed by atoms with van der Waals surface area (Å²) < 4.78 is 0. The highest BCUT2D eigenvalue weighted by molar-refractivity contribution is 6.22. The Morgan fingerprint density at radius 1 is 1.35 bits per heavy atom. The second-order valence-electron chi connectivity index (χ2n) is 5.56. The van der Waals surface area contributed by atoms with Gasteiger partial charge in [0.1, 0.15) is 6.61 Å². The van der Waals surface area contributed by atoms with Crippen molar-refractivity contribution in [2.24, 2.45) is 5.41 Å². The lowest BCUT2D eigenvalue weighted by Crippen LogP contribution is -2.33. The summed E-state index contributed by atoms with van der Waals surface area (Å²) in [5.74, 6) is 4.98. The van der Waals surface area contributed by atoms with Gasteiger partial charge in [0.2, 0.25) is 11.8 Å². The zero-order chi connectivity index (χ0) is 14.9. The molecule has 1 aliphatic heterocycles. The molecule has 1 saturated heterocycles. The quantitative estimate of drug-likeness (QED) is 0.624. The summed E-state index contributed by atoms with van der Waals surface area (Å²) in [7, 11) is 0. The van der Waals surface area contributed by atoms with E-state index in [1.807, 2.05) is 13.0 Å². The molecule has 0 spiro atoms. The third-order valence-corrected chi connectivity index (χ3v) is 3.39. The third kappa shape index (κ3) is 2.45. The Hall–Kier alpha value is -2.12. The number of hydrogen-bond donors (Lipinski definition) is 1. The summed E-state index contributed by atoms with van der Waals surface area (Å²) >= 11 is 0. The minimum atomic E-state index is -0.656. The summed E-state index contributed by atoms with van der Waals surface area (Å²) in [6.07, 6.45) is 0.220. The lowest BCUT2D eigenvalue weighted by molar-refractivity contribution is -0.124. The van der Waals surface area contributed by atoms with E-state index < -0.39 is 5.41 Å². The fourth-order valence-electron chi connectivity index (χ4n) is 2.26. The summed E-state index contributed by atoms with van der Waals surface area (Å²) in [5, 5.41) is 8.72. The topological polar surface area (TPSA) is 57.6 Å². The van der Waals surface area contributed by atoms with Crippen LogP contribution in [-0.2, 0) is 9.59 Å². The summed E-state index contributed by atoms with van der Waals surface area (Å²) in [6, 6.07) is 5.34. The Morgan fingerprint density at radius 2 is 2.05 bits per heavy atom. The molecule has 20 heavy (non-hydrogen) atoms. The maximum absolute atomic E-state index is 12.3. The Balaban J connectivity index is 2.47. The average molecular weight is 271 g/mol. The van der Waals surface area contributed by atoms with Gasteiger partial charge < -0.3 is 5.11 Å². The van der Waals surface area contributed by atoms with Crippen LogP contribution in [0.15, 0.2) is 18.2 Å². The minimum absolute atomic E-state index is 0.183. The largest absolute Gasteiger partial charge is 0.384 e. The van der Waals surface area contributed by atoms with Gasteiger partial charge in [0.25, 0.3) is 0 Å². The van der Waals surface area contributed by atoms with Gasteiger partial charge in [-0.25, -0.2) is 4.90 Å². The number of aryl methyl sites for hydroxylation is 1. The molecule has 1 heterocycles. The molecule has 0 unspecified atom stereocenters. The second-order valence-corrected chi connectivity index (χ2v) is 5.56. The van der Waals surface area contributed by atoms with Crippen LogP contribution in [0, 0.1) is 24.2 Å². The van der Waals surface area contributed by atoms with Crippen LogP contribution < -0.4 is 4.90 Å². The van der Waals surface area contributed by atoms with E-state index in [0.29, 0.717) is 11.3 Å². The fourth-order valence-corrected chi connectivity index (χ4v) is 2.26. The van der Waals surface area contributed by atoms with Crippen molar-refractivity contribution in [1.82, 2.24) is 0 Å². The van der Waals surface area contributed by atoms with Crippen LogP contribution in [0.2, 0.25) is 0 Å². The zero-order valence-corrected chi connectivity index (χ0v) is 11.9. The van der Waals surface area contributed by atoms with Gasteiger partial charge in [-0.3, -0.25) is 9.59 Å². The van der Waals surface area contributed by atoms with Crippen LogP contribution in [0.25, 0.3) is 0 Å². The van der Waals surface area contributed by atoms with E-state index in [9.17, 15) is 9.59 Å². The lowest BCUT2D eigenvalue weighted by Gasteiger charge is -2.19. The first-order chi connectivity index (χ1) is 9.36. The zero-order valence-electron chi connectivity index (χ0n) is 11.9. The predicted octanol–water partition coefficient (Wildman–Crippen LogP) is 1.63. The molecule has 0 bridgehead atoms. The van der Waals surface area contributed by atoms with Crippen molar-refractivity contribution < 1.29 is 14.7 Å². The molecule has 4 heteroatoms. The Bertz CT molecular complexity index is 635. The van der Waals surface area contributed by atoms with E-state index in [1.165, 1.54) is 4.90 Å². The molecule has 104 valence electrons. The Kier molecular flexibility index (Phi) is 3.65. The van der Waals surface area contributed by atoms with Crippen LogP contribution in [0.4, 0.5) is 5.69 Å². The van der Waals surface area contributed by atoms with E-state index in [1.54, 1.807) is 26.0 Å². The molecule has 0 radical (unpaired) electrons. The third-order valence-electron chi connectivity index (χ3n) is 3.39. The van der Waals surface area contributed by atoms with Gasteiger partial charge in [0.05, 0.1) is 11.1 Å². The number of anilines is 1. The molecule has 0 atom stereocenters. The monoisotopic (exact) mass is 271 g/mol. The van der Waals surface area contributed by atoms with Crippen LogP contribution in [0.3, 0.4) is 0 Å². The van der Waals surface area contributed by atoms with Crippen molar-refractivity contribution in [2.75, 3.05) is 11.5 Å². The lowest BCUT2D eigenvalue weighted by atomic mass is 9.92.